The number of aryl methyl sites for hydroxylation is 2. The SMILES string of the molecule is O=[N+]([O-])c1cn2c(n1)O[C@H](COc1ccc(N3CCN(Cc4ccc(OCCCc5ccc(C(F)(F)F)cc5)cc4)CC3)cc1)CC2. The Balaban J connectivity index is 0.879. The summed E-state index contributed by atoms with van der Waals surface area (Å²) in [7, 11) is 0. The van der Waals surface area contributed by atoms with Crippen LogP contribution in [0.25, 0.3) is 0 Å². The number of imidazole rings is 1. The van der Waals surface area contributed by atoms with E-state index >= 15 is 0 Å². The molecular formula is C34H36F3N5O5. The topological polar surface area (TPSA) is 95.1 Å². The van der Waals surface area contributed by atoms with Crippen molar-refractivity contribution in [3.8, 4) is 17.5 Å². The van der Waals surface area contributed by atoms with Gasteiger partial charge >= 0.3 is 18.0 Å². The maximum Gasteiger partial charge on any atom is 0.416 e. The second-order valence-electron chi connectivity index (χ2n) is 11.7. The lowest BCUT2D eigenvalue weighted by Crippen LogP contribution is -2.45. The smallest absolute Gasteiger partial charge is 0.416 e. The Morgan fingerprint density at radius 2 is 1.53 bits per heavy atom. The maximum absolute atomic E-state index is 12.7. The number of nitrogens with zero attached hydrogens (tertiary/aromatic N) is 5. The molecule has 3 heterocycles. The molecule has 248 valence electrons. The van der Waals surface area contributed by atoms with Crippen LogP contribution in [0.3, 0.4) is 0 Å². The summed E-state index contributed by atoms with van der Waals surface area (Å²) in [6.07, 6.45) is -1.10. The number of anilines is 1. The van der Waals surface area contributed by atoms with E-state index in [1.807, 2.05) is 24.3 Å². The molecule has 6 rings (SSSR count). The standard InChI is InChI=1S/C34H36F3N5O5/c35-34(36,37)27-7-3-25(4-8-27)2-1-21-45-29-11-5-26(6-12-29)22-39-17-19-40(20-18-39)28-9-13-30(14-10-28)46-24-31-15-16-41-23-32(42(43)44)38-33(41)47-31/h3-14,23,31H,1-2,15-22,24H2/t31-/m0/s1. The Kier molecular flexibility index (Phi) is 9.81. The number of fused-ring (bicyclic) bond motifs is 1. The minimum Gasteiger partial charge on any atom is -0.494 e. The highest BCUT2D eigenvalue weighted by Crippen LogP contribution is 2.29. The number of rotatable bonds is 12. The number of halogens is 3. The summed E-state index contributed by atoms with van der Waals surface area (Å²) in [6, 6.07) is 21.7. The van der Waals surface area contributed by atoms with E-state index in [4.69, 9.17) is 14.2 Å². The number of hydrogen-bond acceptors (Lipinski definition) is 8. The molecule has 10 nitrogen and oxygen atoms in total. The predicted octanol–water partition coefficient (Wildman–Crippen LogP) is 6.37. The molecule has 1 atom stereocenters. The minimum atomic E-state index is -4.31. The molecule has 1 fully saturated rings. The minimum absolute atomic E-state index is 0.217. The van der Waals surface area contributed by atoms with Crippen LogP contribution in [0.4, 0.5) is 24.7 Å². The lowest BCUT2D eigenvalue weighted by atomic mass is 10.1. The largest absolute Gasteiger partial charge is 0.494 e. The first-order valence-electron chi connectivity index (χ1n) is 15.7. The molecule has 0 aliphatic carbocycles. The first kappa shape index (κ1) is 32.2. The number of nitro groups is 1. The third kappa shape index (κ3) is 8.53. The zero-order valence-electron chi connectivity index (χ0n) is 25.8. The Morgan fingerprint density at radius 3 is 2.21 bits per heavy atom. The van der Waals surface area contributed by atoms with Crippen molar-refractivity contribution in [2.75, 3.05) is 44.3 Å². The number of benzene rings is 3. The number of piperazine rings is 1. The summed E-state index contributed by atoms with van der Waals surface area (Å²) in [5.41, 5.74) is 2.58. The summed E-state index contributed by atoms with van der Waals surface area (Å²) in [6.45, 7) is 5.97. The predicted molar refractivity (Wildman–Crippen MR) is 169 cm³/mol. The van der Waals surface area contributed by atoms with E-state index < -0.39 is 16.7 Å². The molecule has 1 aromatic heterocycles. The monoisotopic (exact) mass is 651 g/mol. The van der Waals surface area contributed by atoms with Crippen LogP contribution in [0, 0.1) is 10.1 Å². The van der Waals surface area contributed by atoms with Crippen LogP contribution >= 0.6 is 0 Å². The molecule has 3 aromatic carbocycles. The molecule has 0 bridgehead atoms. The Morgan fingerprint density at radius 1 is 0.872 bits per heavy atom. The van der Waals surface area contributed by atoms with Crippen molar-refractivity contribution in [1.82, 2.24) is 14.5 Å². The fourth-order valence-electron chi connectivity index (χ4n) is 5.72. The first-order chi connectivity index (χ1) is 22.7. The van der Waals surface area contributed by atoms with Crippen LogP contribution in [-0.4, -0.2) is 64.9 Å². The quantitative estimate of drug-likeness (QED) is 0.0991. The average Bonchev–Trinajstić information content (AvgIpc) is 3.51. The van der Waals surface area contributed by atoms with Gasteiger partial charge in [-0.2, -0.15) is 13.2 Å². The molecule has 0 amide bonds. The Labute approximate surface area is 270 Å². The van der Waals surface area contributed by atoms with Crippen LogP contribution in [0.15, 0.2) is 79.0 Å². The first-order valence-corrected chi connectivity index (χ1v) is 15.7. The van der Waals surface area contributed by atoms with Crippen molar-refractivity contribution < 1.29 is 32.3 Å². The van der Waals surface area contributed by atoms with Gasteiger partial charge in [0.2, 0.25) is 0 Å². The summed E-state index contributed by atoms with van der Waals surface area (Å²) in [5.74, 6) is 1.30. The highest BCUT2D eigenvalue weighted by atomic mass is 19.4. The van der Waals surface area contributed by atoms with Gasteiger partial charge < -0.3 is 29.2 Å². The maximum atomic E-state index is 12.7. The van der Waals surface area contributed by atoms with Crippen molar-refractivity contribution in [1.29, 1.82) is 0 Å². The molecule has 13 heteroatoms. The molecule has 1 saturated heterocycles. The number of alkyl halides is 3. The summed E-state index contributed by atoms with van der Waals surface area (Å²) >= 11 is 0. The van der Waals surface area contributed by atoms with Gasteiger partial charge in [0.05, 0.1) is 12.2 Å². The molecule has 0 saturated carbocycles. The summed E-state index contributed by atoms with van der Waals surface area (Å²) in [4.78, 5) is 19.2. The van der Waals surface area contributed by atoms with E-state index in [9.17, 15) is 23.3 Å². The van der Waals surface area contributed by atoms with Crippen molar-refractivity contribution in [2.45, 2.75) is 44.6 Å². The fraction of sp³-hybridized carbons (Fsp3) is 0.382. The summed E-state index contributed by atoms with van der Waals surface area (Å²) < 4.78 is 57.4. The zero-order chi connectivity index (χ0) is 32.8. The van der Waals surface area contributed by atoms with E-state index in [-0.39, 0.29) is 17.9 Å². The molecule has 4 aromatic rings. The van der Waals surface area contributed by atoms with Crippen LogP contribution in [-0.2, 0) is 25.7 Å². The molecule has 2 aliphatic heterocycles. The van der Waals surface area contributed by atoms with Gasteiger partial charge in [-0.05, 0) is 77.4 Å². The van der Waals surface area contributed by atoms with Gasteiger partial charge in [0.15, 0.2) is 0 Å². The van der Waals surface area contributed by atoms with Crippen molar-refractivity contribution >= 4 is 11.5 Å². The lowest BCUT2D eigenvalue weighted by molar-refractivity contribution is -0.389. The number of hydrogen-bond donors (Lipinski definition) is 0. The highest BCUT2D eigenvalue weighted by molar-refractivity contribution is 5.49. The van der Waals surface area contributed by atoms with Crippen molar-refractivity contribution in [3.05, 3.63) is 106 Å². The normalized spacial score (nSPS) is 16.7. The molecule has 47 heavy (non-hydrogen) atoms. The van der Waals surface area contributed by atoms with Crippen LogP contribution < -0.4 is 19.1 Å². The summed E-state index contributed by atoms with van der Waals surface area (Å²) in [5, 5.41) is 11.0. The highest BCUT2D eigenvalue weighted by Gasteiger charge is 2.30. The van der Waals surface area contributed by atoms with E-state index in [0.717, 1.165) is 67.6 Å². The third-order valence-corrected chi connectivity index (χ3v) is 8.38. The number of ether oxygens (including phenoxy) is 3. The zero-order valence-corrected chi connectivity index (χ0v) is 25.8. The van der Waals surface area contributed by atoms with Gasteiger partial charge in [-0.3, -0.25) is 9.47 Å². The molecule has 0 N–H and O–H groups in total. The Bertz CT molecular complexity index is 1620. The van der Waals surface area contributed by atoms with Gasteiger partial charge in [0, 0.05) is 56.4 Å². The van der Waals surface area contributed by atoms with Crippen LogP contribution in [0.1, 0.15) is 29.5 Å². The van der Waals surface area contributed by atoms with Gasteiger partial charge in [-0.1, -0.05) is 24.3 Å². The number of aromatic nitrogens is 2. The molecule has 0 spiro atoms. The van der Waals surface area contributed by atoms with E-state index in [1.165, 1.54) is 23.9 Å². The van der Waals surface area contributed by atoms with Crippen molar-refractivity contribution in [2.24, 2.45) is 0 Å². The molecule has 0 radical (unpaired) electrons. The molecular weight excluding hydrogens is 615 g/mol. The van der Waals surface area contributed by atoms with Crippen molar-refractivity contribution in [3.63, 3.8) is 0 Å². The van der Waals surface area contributed by atoms with Gasteiger partial charge in [0.1, 0.15) is 30.4 Å². The average molecular weight is 652 g/mol. The van der Waals surface area contributed by atoms with E-state index in [2.05, 4.69) is 39.0 Å². The van der Waals surface area contributed by atoms with Crippen LogP contribution in [0.2, 0.25) is 0 Å². The Hall–Kier alpha value is -4.78. The lowest BCUT2D eigenvalue weighted by Gasteiger charge is -2.36. The van der Waals surface area contributed by atoms with E-state index in [1.54, 1.807) is 4.57 Å². The second-order valence-corrected chi connectivity index (χ2v) is 11.7. The van der Waals surface area contributed by atoms with Crippen LogP contribution in [0.5, 0.6) is 17.5 Å². The van der Waals surface area contributed by atoms with E-state index in [0.29, 0.717) is 39.0 Å². The molecule has 0 unspecified atom stereocenters. The second kappa shape index (κ2) is 14.3. The van der Waals surface area contributed by atoms with Gasteiger partial charge in [0.25, 0.3) is 0 Å². The fourth-order valence-corrected chi connectivity index (χ4v) is 5.72. The van der Waals surface area contributed by atoms with Gasteiger partial charge in [-0.25, -0.2) is 0 Å². The van der Waals surface area contributed by atoms with Gasteiger partial charge in [-0.15, -0.1) is 0 Å². The third-order valence-electron chi connectivity index (χ3n) is 8.38. The molecule has 2 aliphatic rings.